The minimum atomic E-state index is -1.74. The van der Waals surface area contributed by atoms with Crippen LogP contribution in [0, 0.1) is 11.8 Å². The quantitative estimate of drug-likeness (QED) is 0.0870. The smallest absolute Gasteiger partial charge is 0.337 e. The third-order valence-corrected chi connectivity index (χ3v) is 9.06. The summed E-state index contributed by atoms with van der Waals surface area (Å²) in [4.78, 5) is 33.5. The molecule has 0 unspecified atom stereocenters. The Hall–Kier alpha value is -5.25. The fourth-order valence-corrected chi connectivity index (χ4v) is 6.34. The molecule has 0 bridgehead atoms. The highest BCUT2D eigenvalue weighted by molar-refractivity contribution is 6.07. The van der Waals surface area contributed by atoms with Crippen molar-refractivity contribution < 1.29 is 58.4 Å². The zero-order valence-corrected chi connectivity index (χ0v) is 27.7. The van der Waals surface area contributed by atoms with Crippen LogP contribution < -0.4 is 4.74 Å². The van der Waals surface area contributed by atoms with Gasteiger partial charge >= 0.3 is 11.9 Å². The summed E-state index contributed by atoms with van der Waals surface area (Å²) in [7, 11) is 2.65. The summed E-state index contributed by atoms with van der Waals surface area (Å²) in [5.41, 5.74) is 3.15. The maximum Gasteiger partial charge on any atom is 0.337 e. The number of aliphatic hydroxyl groups is 3. The molecule has 268 valence electrons. The number of phenolic OH excluding ortho intramolecular Hbond substituents is 1. The predicted octanol–water partition coefficient (Wildman–Crippen LogP) is 2.89. The lowest BCUT2D eigenvalue weighted by molar-refractivity contribution is -0.339. The average molecular weight is 703 g/mol. The molecule has 0 radical (unpaired) electrons. The number of nitrogens with one attached hydrogen (secondary N) is 1. The number of aromatic hydroxyl groups is 1. The number of carbonyl (C=O) groups is 2. The molecule has 1 saturated heterocycles. The summed E-state index contributed by atoms with van der Waals surface area (Å²) in [5, 5.41) is 43.9. The van der Waals surface area contributed by atoms with E-state index >= 15 is 0 Å². The van der Waals surface area contributed by atoms with Crippen LogP contribution in [-0.4, -0.2) is 100 Å². The monoisotopic (exact) mass is 702 g/mol. The number of hydrogen-bond acceptors (Lipinski definition) is 13. The summed E-state index contributed by atoms with van der Waals surface area (Å²) in [6, 6.07) is 14.2. The Labute approximate surface area is 292 Å². The van der Waals surface area contributed by atoms with E-state index in [1.807, 2.05) is 30.3 Å². The van der Waals surface area contributed by atoms with E-state index in [4.69, 9.17) is 28.4 Å². The van der Waals surface area contributed by atoms with Crippen molar-refractivity contribution in [2.45, 2.75) is 43.4 Å². The van der Waals surface area contributed by atoms with Crippen LogP contribution in [0.3, 0.4) is 0 Å². The number of rotatable bonds is 11. The van der Waals surface area contributed by atoms with Gasteiger partial charge in [-0.05, 0) is 42.3 Å². The van der Waals surface area contributed by atoms with Gasteiger partial charge in [0.2, 0.25) is 6.29 Å². The van der Waals surface area contributed by atoms with E-state index < -0.39 is 67.4 Å². The van der Waals surface area contributed by atoms with E-state index in [0.29, 0.717) is 11.3 Å². The number of pyridine rings is 1. The number of carbonyl (C=O) groups excluding carboxylic acids is 2. The Bertz CT molecular complexity index is 1970. The molecule has 0 saturated carbocycles. The van der Waals surface area contributed by atoms with Gasteiger partial charge in [0.25, 0.3) is 0 Å². The molecule has 5 N–H and O–H groups in total. The fraction of sp³-hybridized carbons (Fsp3) is 0.324. The molecule has 2 aromatic carbocycles. The largest absolute Gasteiger partial charge is 0.504 e. The number of fused-ring (bicyclic) bond motifs is 3. The lowest BCUT2D eigenvalue weighted by Gasteiger charge is -2.43. The van der Waals surface area contributed by atoms with E-state index in [2.05, 4.69) is 16.5 Å². The summed E-state index contributed by atoms with van der Waals surface area (Å²) >= 11 is 0. The van der Waals surface area contributed by atoms with E-state index in [-0.39, 0.29) is 23.5 Å². The van der Waals surface area contributed by atoms with Crippen LogP contribution in [0.25, 0.3) is 27.9 Å². The van der Waals surface area contributed by atoms with Gasteiger partial charge in [0.15, 0.2) is 17.8 Å². The first-order valence-corrected chi connectivity index (χ1v) is 16.1. The zero-order valence-electron chi connectivity index (χ0n) is 27.7. The van der Waals surface area contributed by atoms with Gasteiger partial charge < -0.3 is 53.8 Å². The Morgan fingerprint density at radius 1 is 1.02 bits per heavy atom. The number of aliphatic hydroxyl groups excluding tert-OH is 3. The van der Waals surface area contributed by atoms with Crippen molar-refractivity contribution in [1.29, 1.82) is 0 Å². The first-order chi connectivity index (χ1) is 24.6. The normalized spacial score (nSPS) is 26.4. The number of nitrogens with zero attached hydrogens (tertiary/aromatic N) is 1. The van der Waals surface area contributed by atoms with Crippen LogP contribution in [0.1, 0.15) is 11.3 Å². The first-order valence-electron chi connectivity index (χ1n) is 16.1. The van der Waals surface area contributed by atoms with Crippen LogP contribution in [0.2, 0.25) is 0 Å². The van der Waals surface area contributed by atoms with Crippen LogP contribution in [0.4, 0.5) is 0 Å². The minimum Gasteiger partial charge on any atom is -0.504 e. The first kappa shape index (κ1) is 35.6. The zero-order chi connectivity index (χ0) is 36.2. The van der Waals surface area contributed by atoms with Crippen molar-refractivity contribution in [2.75, 3.05) is 20.8 Å². The predicted molar refractivity (Wildman–Crippen MR) is 182 cm³/mol. The number of phenols is 1. The van der Waals surface area contributed by atoms with Gasteiger partial charge in [-0.25, -0.2) is 9.59 Å². The molecule has 0 spiro atoms. The van der Waals surface area contributed by atoms with Crippen molar-refractivity contribution in [3.63, 3.8) is 0 Å². The lowest BCUT2D eigenvalue weighted by atomic mass is 9.80. The lowest BCUT2D eigenvalue weighted by Crippen LogP contribution is -2.60. The maximum atomic E-state index is 12.9. The second kappa shape index (κ2) is 15.3. The second-order valence-electron chi connectivity index (χ2n) is 12.1. The van der Waals surface area contributed by atoms with Gasteiger partial charge in [-0.1, -0.05) is 30.3 Å². The molecule has 2 aliphatic heterocycles. The molecule has 0 amide bonds. The number of hydrogen-bond donors (Lipinski definition) is 5. The molecular formula is C37H38N2O12. The third kappa shape index (κ3) is 7.31. The standard InChI is InChI=1S/C37H38N2O12/c1-4-20-23(16-26-31-22(13-14-38-26)21-7-5-6-8-25(21)39-31)24(35(45)47-3)17-49-36(20)51-37-34(44)33(43)32(42)29(50-37)18-48-30(41)12-10-19-9-11-27(40)28(15-19)46-2/h4-15,17,20,23,29,32-34,36-37,39-40,42-44H,1,16,18H2,2-3H3/b12-10+/t20-,23+,29-,32-,33+,34-,36+,37+/m1/s1. The molecule has 0 aliphatic carbocycles. The molecule has 2 aromatic heterocycles. The molecular weight excluding hydrogens is 664 g/mol. The fourth-order valence-electron chi connectivity index (χ4n) is 6.34. The number of methoxy groups -OCH3 is 2. The molecule has 6 rings (SSSR count). The molecule has 2 aliphatic rings. The molecule has 14 heteroatoms. The number of benzene rings is 2. The Balaban J connectivity index is 1.18. The van der Waals surface area contributed by atoms with E-state index in [1.165, 1.54) is 38.7 Å². The van der Waals surface area contributed by atoms with Crippen LogP contribution in [0.5, 0.6) is 11.5 Å². The molecule has 4 heterocycles. The van der Waals surface area contributed by atoms with Crippen LogP contribution in [-0.2, 0) is 39.7 Å². The van der Waals surface area contributed by atoms with Gasteiger partial charge in [-0.15, -0.1) is 6.58 Å². The van der Waals surface area contributed by atoms with Gasteiger partial charge in [0.05, 0.1) is 37.3 Å². The van der Waals surface area contributed by atoms with Gasteiger partial charge in [-0.2, -0.15) is 0 Å². The van der Waals surface area contributed by atoms with Crippen LogP contribution in [0.15, 0.2) is 85.3 Å². The van der Waals surface area contributed by atoms with Crippen molar-refractivity contribution >= 4 is 39.8 Å². The summed E-state index contributed by atoms with van der Waals surface area (Å²) in [6.45, 7) is 3.45. The number of H-pyrrole nitrogens is 1. The number of para-hydroxylation sites is 1. The van der Waals surface area contributed by atoms with Crippen molar-refractivity contribution in [1.82, 2.24) is 9.97 Å². The third-order valence-electron chi connectivity index (χ3n) is 9.06. The average Bonchev–Trinajstić information content (AvgIpc) is 3.53. The number of aromatic amines is 1. The highest BCUT2D eigenvalue weighted by atomic mass is 16.8. The molecule has 4 aromatic rings. The van der Waals surface area contributed by atoms with Gasteiger partial charge in [0, 0.05) is 40.4 Å². The topological polar surface area (TPSA) is 199 Å². The summed E-state index contributed by atoms with van der Waals surface area (Å²) in [6.07, 6.45) is -1.87. The highest BCUT2D eigenvalue weighted by Gasteiger charge is 2.48. The molecule has 51 heavy (non-hydrogen) atoms. The van der Waals surface area contributed by atoms with Crippen molar-refractivity contribution in [3.8, 4) is 11.5 Å². The van der Waals surface area contributed by atoms with Crippen LogP contribution >= 0.6 is 0 Å². The summed E-state index contributed by atoms with van der Waals surface area (Å²) in [5.74, 6) is -2.60. The molecule has 14 nitrogen and oxygen atoms in total. The van der Waals surface area contributed by atoms with Crippen molar-refractivity contribution in [2.24, 2.45) is 11.8 Å². The van der Waals surface area contributed by atoms with Gasteiger partial charge in [-0.3, -0.25) is 4.98 Å². The minimum absolute atomic E-state index is 0.0633. The van der Waals surface area contributed by atoms with E-state index in [0.717, 1.165) is 27.9 Å². The van der Waals surface area contributed by atoms with E-state index in [9.17, 15) is 30.0 Å². The Kier molecular flexibility index (Phi) is 10.7. The molecule has 1 fully saturated rings. The number of ether oxygens (including phenoxy) is 6. The summed E-state index contributed by atoms with van der Waals surface area (Å²) < 4.78 is 33.1. The van der Waals surface area contributed by atoms with Gasteiger partial charge in [0.1, 0.15) is 31.0 Å². The Morgan fingerprint density at radius 2 is 1.82 bits per heavy atom. The SMILES string of the molecule is C=C[C@H]1[C@H](O[C@@H]2O[C@H](COC(=O)/C=C/c3ccc(O)c(OC)c3)[C@@H](O)[C@H](O)[C@H]2O)OC=C(C(=O)OC)[C@H]1Cc1nccc2c1[nH]c1ccccc12. The number of aromatic nitrogens is 2. The molecule has 8 atom stereocenters. The second-order valence-corrected chi connectivity index (χ2v) is 12.1. The van der Waals surface area contributed by atoms with E-state index in [1.54, 1.807) is 18.3 Å². The highest BCUT2D eigenvalue weighted by Crippen LogP contribution is 2.38. The van der Waals surface area contributed by atoms with Crippen molar-refractivity contribution in [3.05, 3.63) is 96.6 Å². The maximum absolute atomic E-state index is 12.9. The number of esters is 2. The Morgan fingerprint density at radius 3 is 2.59 bits per heavy atom.